The van der Waals surface area contributed by atoms with Gasteiger partial charge in [-0.25, -0.2) is 9.34 Å². The van der Waals surface area contributed by atoms with E-state index >= 15 is 0 Å². The van der Waals surface area contributed by atoms with Gasteiger partial charge in [0.15, 0.2) is 0 Å². The van der Waals surface area contributed by atoms with Gasteiger partial charge >= 0.3 is 6.10 Å². The zero-order valence-corrected chi connectivity index (χ0v) is 10.9. The van der Waals surface area contributed by atoms with Gasteiger partial charge in [0.1, 0.15) is 0 Å². The highest BCUT2D eigenvalue weighted by Gasteiger charge is 2.49. The molecule has 0 spiro atoms. The predicted molar refractivity (Wildman–Crippen MR) is 58.0 cm³/mol. The van der Waals surface area contributed by atoms with E-state index in [2.05, 4.69) is 4.91 Å². The van der Waals surface area contributed by atoms with Crippen LogP contribution in [0.2, 0.25) is 0 Å². The molecule has 11 heteroatoms. The summed E-state index contributed by atoms with van der Waals surface area (Å²) in [5.41, 5.74) is 0. The van der Waals surface area contributed by atoms with Gasteiger partial charge < -0.3 is 25.5 Å². The fourth-order valence-electron chi connectivity index (χ4n) is 1.42. The minimum absolute atomic E-state index is 0.0694. The molecule has 0 rings (SSSR count). The summed E-state index contributed by atoms with van der Waals surface area (Å²) in [6.45, 7) is 0. The molecule has 0 heterocycles. The molecule has 0 aromatic rings. The molecule has 0 fully saturated rings. The van der Waals surface area contributed by atoms with Gasteiger partial charge in [-0.1, -0.05) is 0 Å². The van der Waals surface area contributed by atoms with Crippen molar-refractivity contribution in [3.05, 3.63) is 0 Å². The minimum atomic E-state index is -3.57. The maximum atomic E-state index is 9.13. The van der Waals surface area contributed by atoms with Crippen molar-refractivity contribution in [1.82, 2.24) is 14.0 Å². The number of nitrogens with zero attached hydrogens (tertiary/aromatic N) is 4. The Bertz CT molecular complexity index is 289. The summed E-state index contributed by atoms with van der Waals surface area (Å²) in [5.74, 6) is 0. The van der Waals surface area contributed by atoms with Crippen molar-refractivity contribution < 1.29 is 30.7 Å². The van der Waals surface area contributed by atoms with Gasteiger partial charge in [0.05, 0.1) is 0 Å². The van der Waals surface area contributed by atoms with Crippen molar-refractivity contribution in [1.29, 1.82) is 0 Å². The summed E-state index contributed by atoms with van der Waals surface area (Å²) < 4.78 is 2.52. The smallest absolute Gasteiger partial charge is 0.355 e. The zero-order valence-electron chi connectivity index (χ0n) is 10.00. The Morgan fingerprint density at radius 2 is 1.35 bits per heavy atom. The molecule has 0 aromatic heterocycles. The van der Waals surface area contributed by atoms with Gasteiger partial charge in [0.2, 0.25) is 13.9 Å². The first-order valence-electron chi connectivity index (χ1n) is 4.46. The van der Waals surface area contributed by atoms with Crippen molar-refractivity contribution >= 4 is 7.51 Å². The number of aliphatic hydroxyl groups is 5. The second-order valence-corrected chi connectivity index (χ2v) is 6.89. The lowest BCUT2D eigenvalue weighted by atomic mass is 10.9. The van der Waals surface area contributed by atoms with Gasteiger partial charge in [-0.3, -0.25) is 5.21 Å². The molecule has 17 heavy (non-hydrogen) atoms. The van der Waals surface area contributed by atoms with E-state index in [1.807, 2.05) is 0 Å². The molecule has 0 amide bonds. The van der Waals surface area contributed by atoms with Crippen molar-refractivity contribution in [2.24, 2.45) is 4.91 Å². The third-order valence-corrected chi connectivity index (χ3v) is 5.45. The molecular formula is C6H19N4O6P. The van der Waals surface area contributed by atoms with Crippen LogP contribution in [0.3, 0.4) is 0 Å². The molecule has 0 aliphatic carbocycles. The topological polar surface area (TPSA) is 143 Å². The highest BCUT2D eigenvalue weighted by atomic mass is 31.2. The van der Waals surface area contributed by atoms with Crippen LogP contribution in [0.4, 0.5) is 0 Å². The van der Waals surface area contributed by atoms with Crippen LogP contribution in [0, 0.1) is 0 Å². The van der Waals surface area contributed by atoms with Crippen LogP contribution >= 0.6 is 7.51 Å². The first kappa shape index (κ1) is 16.9. The van der Waals surface area contributed by atoms with Gasteiger partial charge in [-0.2, -0.15) is 0 Å². The van der Waals surface area contributed by atoms with Crippen molar-refractivity contribution in [3.63, 3.8) is 0 Å². The van der Waals surface area contributed by atoms with Crippen LogP contribution in [0.5, 0.6) is 0 Å². The van der Waals surface area contributed by atoms with Gasteiger partial charge in [0, 0.05) is 0 Å². The standard InChI is InChI=1S/C6H19N4O6P/c1-8(2)17(7-16,9(3)4)10(5(11)12)6(13,14)15/h5,11-16H,1-4H3. The first-order chi connectivity index (χ1) is 7.51. The molecule has 0 bridgehead atoms. The van der Waals surface area contributed by atoms with E-state index in [0.717, 1.165) is 0 Å². The Morgan fingerprint density at radius 1 is 1.00 bits per heavy atom. The summed E-state index contributed by atoms with van der Waals surface area (Å²) in [4.78, 5) is 3.00. The molecule has 0 aliphatic heterocycles. The lowest BCUT2D eigenvalue weighted by Crippen LogP contribution is -2.55. The number of aliphatic hydroxyl groups excluding tert-OH is 1. The van der Waals surface area contributed by atoms with E-state index in [9.17, 15) is 0 Å². The average Bonchev–Trinajstić information content (AvgIpc) is 2.09. The van der Waals surface area contributed by atoms with Crippen molar-refractivity contribution in [2.75, 3.05) is 28.2 Å². The van der Waals surface area contributed by atoms with Crippen LogP contribution in [-0.4, -0.2) is 85.5 Å². The predicted octanol–water partition coefficient (Wildman–Crippen LogP) is -2.40. The Labute approximate surface area is 98.7 Å². The van der Waals surface area contributed by atoms with Crippen LogP contribution in [0.25, 0.3) is 0 Å². The fraction of sp³-hybridized carbons (Fsp3) is 1.00. The summed E-state index contributed by atoms with van der Waals surface area (Å²) in [6, 6.07) is 0. The lowest BCUT2D eigenvalue weighted by Gasteiger charge is -2.45. The Hall–Kier alpha value is -0.130. The quantitative estimate of drug-likeness (QED) is 0.184. The third-order valence-electron chi connectivity index (χ3n) is 2.01. The highest BCUT2D eigenvalue weighted by Crippen LogP contribution is 2.58. The van der Waals surface area contributed by atoms with E-state index in [0.29, 0.717) is 0 Å². The van der Waals surface area contributed by atoms with Crippen LogP contribution < -0.4 is 0 Å². The SMILES string of the molecule is CN(C)P(=NO)(N(C)C)N(C(O)O)C(O)(O)O. The maximum Gasteiger partial charge on any atom is 0.356 e. The molecule has 0 saturated carbocycles. The highest BCUT2D eigenvalue weighted by molar-refractivity contribution is 7.58. The number of hydrogen-bond acceptors (Lipinski definition) is 6. The normalized spacial score (nSPS) is 14.2. The third kappa shape index (κ3) is 3.20. The number of hydrogen-bond donors (Lipinski definition) is 6. The fourth-order valence-corrected chi connectivity index (χ4v) is 3.95. The second kappa shape index (κ2) is 5.67. The second-order valence-electron chi connectivity index (χ2n) is 3.61. The number of rotatable bonds is 5. The monoisotopic (exact) mass is 274 g/mol. The first-order valence-corrected chi connectivity index (χ1v) is 6.06. The van der Waals surface area contributed by atoms with Crippen LogP contribution in [0.1, 0.15) is 0 Å². The van der Waals surface area contributed by atoms with Crippen LogP contribution in [-0.2, 0) is 0 Å². The largest absolute Gasteiger partial charge is 0.356 e. The summed E-state index contributed by atoms with van der Waals surface area (Å²) in [6.07, 6.45) is -6.02. The van der Waals surface area contributed by atoms with E-state index in [4.69, 9.17) is 30.7 Å². The molecular weight excluding hydrogens is 255 g/mol. The Morgan fingerprint density at radius 3 is 1.41 bits per heavy atom. The summed E-state index contributed by atoms with van der Waals surface area (Å²) in [7, 11) is 2.17. The van der Waals surface area contributed by atoms with E-state index in [1.165, 1.54) is 37.5 Å². The van der Waals surface area contributed by atoms with Crippen molar-refractivity contribution in [2.45, 2.75) is 12.5 Å². The Balaban J connectivity index is 5.90. The molecule has 0 radical (unpaired) electrons. The summed E-state index contributed by atoms with van der Waals surface area (Å²) >= 11 is 0. The van der Waals surface area contributed by atoms with Gasteiger partial charge in [0.25, 0.3) is 0 Å². The average molecular weight is 274 g/mol. The molecule has 104 valence electrons. The lowest BCUT2D eigenvalue weighted by molar-refractivity contribution is -0.406. The molecule has 10 nitrogen and oxygen atoms in total. The molecule has 0 atom stereocenters. The zero-order chi connectivity index (χ0) is 14.0. The van der Waals surface area contributed by atoms with E-state index in [-0.39, 0.29) is 4.67 Å². The molecule has 0 saturated heterocycles. The molecule has 0 aromatic carbocycles. The van der Waals surface area contributed by atoms with Gasteiger partial charge in [-0.05, 0) is 28.2 Å². The van der Waals surface area contributed by atoms with E-state index in [1.54, 1.807) is 0 Å². The van der Waals surface area contributed by atoms with E-state index < -0.39 is 20.0 Å². The molecule has 0 unspecified atom stereocenters. The molecule has 6 N–H and O–H groups in total. The van der Waals surface area contributed by atoms with Crippen molar-refractivity contribution in [3.8, 4) is 0 Å². The minimum Gasteiger partial charge on any atom is -0.355 e. The Kier molecular flexibility index (Phi) is 5.63. The maximum absolute atomic E-state index is 9.13. The van der Waals surface area contributed by atoms with Gasteiger partial charge in [-0.15, -0.1) is 9.58 Å². The van der Waals surface area contributed by atoms with Crippen LogP contribution in [0.15, 0.2) is 4.91 Å². The molecule has 0 aliphatic rings. The summed E-state index contributed by atoms with van der Waals surface area (Å²) in [5, 5.41) is 54.7.